The summed E-state index contributed by atoms with van der Waals surface area (Å²) in [5, 5.41) is 0.695. The number of nitrogens with one attached hydrogen (secondary N) is 2. The lowest BCUT2D eigenvalue weighted by atomic mass is 10.1. The molecular weight excluding hydrogens is 281 g/mol. The van der Waals surface area contributed by atoms with E-state index in [1.807, 2.05) is 0 Å². The summed E-state index contributed by atoms with van der Waals surface area (Å²) >= 11 is 16.8. The highest BCUT2D eigenvalue weighted by atomic mass is 35.5. The molecule has 4 N–H and O–H groups in total. The van der Waals surface area contributed by atoms with Crippen molar-refractivity contribution in [3.8, 4) is 11.1 Å². The first kappa shape index (κ1) is 12.2. The van der Waals surface area contributed by atoms with E-state index in [2.05, 4.69) is 9.97 Å². The highest BCUT2D eigenvalue weighted by molar-refractivity contribution is 7.71. The molecule has 0 unspecified atom stereocenters. The lowest BCUT2D eigenvalue weighted by Crippen LogP contribution is -2.14. The van der Waals surface area contributed by atoms with E-state index in [0.29, 0.717) is 15.6 Å². The van der Waals surface area contributed by atoms with Gasteiger partial charge in [-0.1, -0.05) is 29.3 Å². The van der Waals surface area contributed by atoms with Gasteiger partial charge in [-0.25, -0.2) is 0 Å². The zero-order valence-electron chi connectivity index (χ0n) is 8.38. The van der Waals surface area contributed by atoms with Crippen LogP contribution in [0.4, 0.5) is 5.82 Å². The molecule has 0 aliphatic carbocycles. The Morgan fingerprint density at radius 1 is 1.12 bits per heavy atom. The molecule has 1 heterocycles. The summed E-state index contributed by atoms with van der Waals surface area (Å²) in [6, 6.07) is 4.94. The fourth-order valence-corrected chi connectivity index (χ4v) is 2.28. The van der Waals surface area contributed by atoms with Gasteiger partial charge in [0.15, 0.2) is 4.77 Å². The van der Waals surface area contributed by atoms with E-state index in [1.54, 1.807) is 18.2 Å². The van der Waals surface area contributed by atoms with Crippen LogP contribution >= 0.6 is 35.4 Å². The number of aromatic nitrogens is 2. The van der Waals surface area contributed by atoms with Crippen molar-refractivity contribution in [3.05, 3.63) is 43.4 Å². The molecule has 2 aromatic rings. The minimum Gasteiger partial charge on any atom is -0.385 e. The van der Waals surface area contributed by atoms with E-state index < -0.39 is 5.56 Å². The number of aromatic amines is 2. The SMILES string of the molecule is Nc1[nH]c(=S)[nH]c(=O)c1-c1c(Cl)cccc1Cl. The van der Waals surface area contributed by atoms with Crippen LogP contribution in [0.1, 0.15) is 0 Å². The minimum absolute atomic E-state index is 0.133. The van der Waals surface area contributed by atoms with E-state index >= 15 is 0 Å². The maximum atomic E-state index is 11.8. The van der Waals surface area contributed by atoms with Crippen molar-refractivity contribution in [3.63, 3.8) is 0 Å². The molecular formula is C10H7Cl2N3OS. The zero-order valence-corrected chi connectivity index (χ0v) is 10.7. The van der Waals surface area contributed by atoms with Gasteiger partial charge in [0.2, 0.25) is 0 Å². The fraction of sp³-hybridized carbons (Fsp3) is 0. The third-order valence-corrected chi connectivity index (χ3v) is 3.02. The van der Waals surface area contributed by atoms with E-state index in [4.69, 9.17) is 41.2 Å². The standard InChI is InChI=1S/C10H7Cl2N3OS/c11-4-2-1-3-5(12)6(4)7-8(13)14-10(17)15-9(7)16/h1-3H,(H4,13,14,15,16,17). The molecule has 0 amide bonds. The van der Waals surface area contributed by atoms with Gasteiger partial charge in [-0.05, 0) is 24.4 Å². The number of halogens is 2. The Balaban J connectivity index is 2.87. The van der Waals surface area contributed by atoms with Crippen LogP contribution in [0, 0.1) is 4.77 Å². The second kappa shape index (κ2) is 4.52. The van der Waals surface area contributed by atoms with Gasteiger partial charge in [0.1, 0.15) is 5.82 Å². The molecule has 0 aliphatic rings. The Bertz CT molecular complexity index is 672. The first-order chi connectivity index (χ1) is 8.00. The first-order valence-corrected chi connectivity index (χ1v) is 5.73. The van der Waals surface area contributed by atoms with E-state index in [0.717, 1.165) is 0 Å². The van der Waals surface area contributed by atoms with Crippen molar-refractivity contribution in [1.29, 1.82) is 0 Å². The summed E-state index contributed by atoms with van der Waals surface area (Å²) < 4.78 is 0.152. The quantitative estimate of drug-likeness (QED) is 0.706. The number of hydrogen-bond acceptors (Lipinski definition) is 3. The number of nitrogen functional groups attached to an aromatic ring is 1. The topological polar surface area (TPSA) is 74.7 Å². The second-order valence-corrected chi connectivity index (χ2v) is 4.52. The number of anilines is 1. The van der Waals surface area contributed by atoms with E-state index in [1.165, 1.54) is 0 Å². The third kappa shape index (κ3) is 2.22. The number of H-pyrrole nitrogens is 2. The van der Waals surface area contributed by atoms with Crippen molar-refractivity contribution >= 4 is 41.2 Å². The average molecular weight is 288 g/mol. The van der Waals surface area contributed by atoms with Crippen LogP contribution in [0.5, 0.6) is 0 Å². The van der Waals surface area contributed by atoms with Crippen molar-refractivity contribution in [2.45, 2.75) is 0 Å². The van der Waals surface area contributed by atoms with Crippen molar-refractivity contribution in [2.24, 2.45) is 0 Å². The lowest BCUT2D eigenvalue weighted by molar-refractivity contribution is 1.10. The number of rotatable bonds is 1. The molecule has 0 fully saturated rings. The van der Waals surface area contributed by atoms with Gasteiger partial charge >= 0.3 is 0 Å². The smallest absolute Gasteiger partial charge is 0.261 e. The Kier molecular flexibility index (Phi) is 3.24. The van der Waals surface area contributed by atoms with Crippen LogP contribution in [0.25, 0.3) is 11.1 Å². The van der Waals surface area contributed by atoms with Crippen LogP contribution < -0.4 is 11.3 Å². The van der Waals surface area contributed by atoms with Crippen molar-refractivity contribution in [1.82, 2.24) is 9.97 Å². The molecule has 1 aromatic heterocycles. The van der Waals surface area contributed by atoms with Crippen LogP contribution in [0.2, 0.25) is 10.0 Å². The molecule has 4 nitrogen and oxygen atoms in total. The largest absolute Gasteiger partial charge is 0.385 e. The van der Waals surface area contributed by atoms with Gasteiger partial charge < -0.3 is 10.7 Å². The van der Waals surface area contributed by atoms with Crippen LogP contribution in [0.15, 0.2) is 23.0 Å². The molecule has 0 bridgehead atoms. The summed E-state index contributed by atoms with van der Waals surface area (Å²) in [6.07, 6.45) is 0. The highest BCUT2D eigenvalue weighted by Gasteiger charge is 2.15. The van der Waals surface area contributed by atoms with Crippen LogP contribution in [0.3, 0.4) is 0 Å². The van der Waals surface area contributed by atoms with Gasteiger partial charge in [-0.3, -0.25) is 9.78 Å². The van der Waals surface area contributed by atoms with Gasteiger partial charge in [0, 0.05) is 5.56 Å². The second-order valence-electron chi connectivity index (χ2n) is 3.29. The van der Waals surface area contributed by atoms with Crippen molar-refractivity contribution < 1.29 is 0 Å². The number of hydrogen-bond donors (Lipinski definition) is 3. The summed E-state index contributed by atoms with van der Waals surface area (Å²) in [4.78, 5) is 16.9. The summed E-state index contributed by atoms with van der Waals surface area (Å²) in [5.41, 5.74) is 5.88. The maximum absolute atomic E-state index is 11.8. The molecule has 0 aliphatic heterocycles. The van der Waals surface area contributed by atoms with Crippen LogP contribution in [-0.2, 0) is 0 Å². The molecule has 0 saturated heterocycles. The molecule has 1 aromatic carbocycles. The number of benzene rings is 1. The predicted molar refractivity (Wildman–Crippen MR) is 72.1 cm³/mol. The lowest BCUT2D eigenvalue weighted by Gasteiger charge is -2.08. The zero-order chi connectivity index (χ0) is 12.6. The minimum atomic E-state index is -0.429. The molecule has 2 rings (SSSR count). The Morgan fingerprint density at radius 3 is 2.24 bits per heavy atom. The summed E-state index contributed by atoms with van der Waals surface area (Å²) in [7, 11) is 0. The van der Waals surface area contributed by atoms with Gasteiger partial charge in [-0.15, -0.1) is 0 Å². The first-order valence-electron chi connectivity index (χ1n) is 4.57. The van der Waals surface area contributed by atoms with E-state index in [-0.39, 0.29) is 16.2 Å². The van der Waals surface area contributed by atoms with Crippen LogP contribution in [-0.4, -0.2) is 9.97 Å². The highest BCUT2D eigenvalue weighted by Crippen LogP contribution is 2.34. The molecule has 0 atom stereocenters. The third-order valence-electron chi connectivity index (χ3n) is 2.18. The van der Waals surface area contributed by atoms with E-state index in [9.17, 15) is 4.79 Å². The average Bonchev–Trinajstić information content (AvgIpc) is 2.21. The molecule has 17 heavy (non-hydrogen) atoms. The monoisotopic (exact) mass is 287 g/mol. The number of nitrogens with two attached hydrogens (primary N) is 1. The maximum Gasteiger partial charge on any atom is 0.261 e. The van der Waals surface area contributed by atoms with Gasteiger partial charge in [0.25, 0.3) is 5.56 Å². The molecule has 88 valence electrons. The summed E-state index contributed by atoms with van der Waals surface area (Å²) in [5.74, 6) is 0.133. The predicted octanol–water partition coefficient (Wildman–Crippen LogP) is 2.99. The Morgan fingerprint density at radius 2 is 1.71 bits per heavy atom. The summed E-state index contributed by atoms with van der Waals surface area (Å²) in [6.45, 7) is 0. The molecule has 0 radical (unpaired) electrons. The Labute approximate surface area is 111 Å². The molecule has 0 spiro atoms. The Hall–Kier alpha value is -1.30. The normalized spacial score (nSPS) is 10.5. The van der Waals surface area contributed by atoms with Crippen molar-refractivity contribution in [2.75, 3.05) is 5.73 Å². The fourth-order valence-electron chi connectivity index (χ4n) is 1.49. The molecule has 0 saturated carbocycles. The van der Waals surface area contributed by atoms with Gasteiger partial charge in [0.05, 0.1) is 15.6 Å². The molecule has 7 heteroatoms. The van der Waals surface area contributed by atoms with Gasteiger partial charge in [-0.2, -0.15) is 0 Å².